The van der Waals surface area contributed by atoms with Gasteiger partial charge in [-0.05, 0) is 12.1 Å². The Hall–Kier alpha value is -2.27. The SMILES string of the molecule is N#CCN(CC#N)c1cccc(F)c1N. The van der Waals surface area contributed by atoms with Crippen LogP contribution in [0, 0.1) is 28.5 Å². The van der Waals surface area contributed by atoms with E-state index in [1.165, 1.54) is 17.0 Å². The van der Waals surface area contributed by atoms with E-state index in [1.807, 2.05) is 12.1 Å². The molecule has 0 aliphatic rings. The van der Waals surface area contributed by atoms with Crippen molar-refractivity contribution in [3.05, 3.63) is 24.0 Å². The minimum atomic E-state index is -0.548. The van der Waals surface area contributed by atoms with Crippen LogP contribution in [0.25, 0.3) is 0 Å². The summed E-state index contributed by atoms with van der Waals surface area (Å²) in [6.07, 6.45) is 0. The van der Waals surface area contributed by atoms with Crippen LogP contribution in [-0.2, 0) is 0 Å². The van der Waals surface area contributed by atoms with Crippen LogP contribution in [0.1, 0.15) is 0 Å². The fraction of sp³-hybridized carbons (Fsp3) is 0.200. The van der Waals surface area contributed by atoms with E-state index < -0.39 is 5.82 Å². The third-order valence-electron chi connectivity index (χ3n) is 1.89. The van der Waals surface area contributed by atoms with Gasteiger partial charge in [-0.3, -0.25) is 0 Å². The first-order valence-corrected chi connectivity index (χ1v) is 4.23. The summed E-state index contributed by atoms with van der Waals surface area (Å²) in [4.78, 5) is 1.42. The fourth-order valence-electron chi connectivity index (χ4n) is 1.20. The summed E-state index contributed by atoms with van der Waals surface area (Å²) < 4.78 is 13.1. The van der Waals surface area contributed by atoms with E-state index in [2.05, 4.69) is 0 Å². The Morgan fingerprint density at radius 2 is 1.87 bits per heavy atom. The summed E-state index contributed by atoms with van der Waals surface area (Å²) in [6.45, 7) is 0.00241. The van der Waals surface area contributed by atoms with Gasteiger partial charge >= 0.3 is 0 Å². The molecule has 1 aromatic carbocycles. The highest BCUT2D eigenvalue weighted by Gasteiger charge is 2.11. The lowest BCUT2D eigenvalue weighted by Crippen LogP contribution is -2.25. The number of anilines is 2. The average Bonchev–Trinajstić information content (AvgIpc) is 2.22. The van der Waals surface area contributed by atoms with Crippen LogP contribution >= 0.6 is 0 Å². The summed E-state index contributed by atoms with van der Waals surface area (Å²) in [5.74, 6) is -0.548. The highest BCUT2D eigenvalue weighted by atomic mass is 19.1. The van der Waals surface area contributed by atoms with Gasteiger partial charge < -0.3 is 10.6 Å². The van der Waals surface area contributed by atoms with Crippen molar-refractivity contribution in [2.24, 2.45) is 0 Å². The highest BCUT2D eigenvalue weighted by molar-refractivity contribution is 5.68. The zero-order valence-corrected chi connectivity index (χ0v) is 7.94. The first-order valence-electron chi connectivity index (χ1n) is 4.23. The Kier molecular flexibility index (Phi) is 3.48. The van der Waals surface area contributed by atoms with E-state index in [4.69, 9.17) is 16.3 Å². The van der Waals surface area contributed by atoms with Crippen molar-refractivity contribution in [2.75, 3.05) is 23.7 Å². The maximum Gasteiger partial charge on any atom is 0.148 e. The van der Waals surface area contributed by atoms with Crippen molar-refractivity contribution in [2.45, 2.75) is 0 Å². The van der Waals surface area contributed by atoms with Crippen LogP contribution in [0.4, 0.5) is 15.8 Å². The molecule has 4 nitrogen and oxygen atoms in total. The molecule has 0 radical (unpaired) electrons. The number of hydrogen-bond donors (Lipinski definition) is 1. The first-order chi connectivity index (χ1) is 7.20. The molecular weight excluding hydrogens is 195 g/mol. The number of nitriles is 2. The van der Waals surface area contributed by atoms with E-state index in [0.29, 0.717) is 5.69 Å². The molecule has 15 heavy (non-hydrogen) atoms. The largest absolute Gasteiger partial charge is 0.395 e. The molecule has 5 heteroatoms. The quantitative estimate of drug-likeness (QED) is 0.594. The van der Waals surface area contributed by atoms with E-state index >= 15 is 0 Å². The van der Waals surface area contributed by atoms with Crippen molar-refractivity contribution in [1.29, 1.82) is 10.5 Å². The molecule has 1 aromatic rings. The molecular formula is C10H9FN4. The molecule has 0 bridgehead atoms. The van der Waals surface area contributed by atoms with Gasteiger partial charge in [0.2, 0.25) is 0 Å². The lowest BCUT2D eigenvalue weighted by Gasteiger charge is -2.19. The van der Waals surface area contributed by atoms with Crippen LogP contribution < -0.4 is 10.6 Å². The summed E-state index contributed by atoms with van der Waals surface area (Å²) in [6, 6.07) is 8.09. The molecule has 0 saturated carbocycles. The van der Waals surface area contributed by atoms with Crippen LogP contribution in [0.15, 0.2) is 18.2 Å². The van der Waals surface area contributed by atoms with Gasteiger partial charge in [-0.2, -0.15) is 10.5 Å². The minimum Gasteiger partial charge on any atom is -0.395 e. The molecule has 1 rings (SSSR count). The smallest absolute Gasteiger partial charge is 0.148 e. The van der Waals surface area contributed by atoms with Gasteiger partial charge in [0.1, 0.15) is 18.9 Å². The van der Waals surface area contributed by atoms with Gasteiger partial charge in [-0.1, -0.05) is 6.07 Å². The number of halogens is 1. The Morgan fingerprint density at radius 1 is 1.27 bits per heavy atom. The number of nitrogen functional groups attached to an aromatic ring is 1. The van der Waals surface area contributed by atoms with Crippen LogP contribution in [0.3, 0.4) is 0 Å². The summed E-state index contributed by atoms with van der Waals surface area (Å²) in [7, 11) is 0. The second-order valence-corrected chi connectivity index (χ2v) is 2.84. The predicted octanol–water partition coefficient (Wildman–Crippen LogP) is 1.26. The Bertz CT molecular complexity index is 414. The van der Waals surface area contributed by atoms with Gasteiger partial charge in [0.05, 0.1) is 23.5 Å². The van der Waals surface area contributed by atoms with Crippen molar-refractivity contribution in [3.8, 4) is 12.1 Å². The van der Waals surface area contributed by atoms with Gasteiger partial charge in [-0.15, -0.1) is 0 Å². The van der Waals surface area contributed by atoms with Gasteiger partial charge in [-0.25, -0.2) is 4.39 Å². The molecule has 0 aliphatic carbocycles. The molecule has 0 heterocycles. The molecule has 0 saturated heterocycles. The molecule has 0 aliphatic heterocycles. The van der Waals surface area contributed by atoms with Gasteiger partial charge in [0.15, 0.2) is 0 Å². The number of hydrogen-bond acceptors (Lipinski definition) is 4. The normalized spacial score (nSPS) is 9.00. The van der Waals surface area contributed by atoms with E-state index in [-0.39, 0.29) is 18.8 Å². The van der Waals surface area contributed by atoms with Crippen molar-refractivity contribution in [3.63, 3.8) is 0 Å². The predicted molar refractivity (Wildman–Crippen MR) is 54.3 cm³/mol. The Labute approximate surface area is 86.9 Å². The molecule has 0 unspecified atom stereocenters. The molecule has 0 fully saturated rings. The summed E-state index contributed by atoms with van der Waals surface area (Å²) in [5.41, 5.74) is 5.84. The third-order valence-corrected chi connectivity index (χ3v) is 1.89. The van der Waals surface area contributed by atoms with Crippen LogP contribution in [0.5, 0.6) is 0 Å². The maximum absolute atomic E-state index is 13.1. The van der Waals surface area contributed by atoms with Crippen LogP contribution in [0.2, 0.25) is 0 Å². The van der Waals surface area contributed by atoms with Crippen molar-refractivity contribution >= 4 is 11.4 Å². The van der Waals surface area contributed by atoms with Crippen LogP contribution in [-0.4, -0.2) is 13.1 Å². The second kappa shape index (κ2) is 4.83. The minimum absolute atomic E-state index is 0.00120. The van der Waals surface area contributed by atoms with E-state index in [0.717, 1.165) is 0 Å². The number of nitrogens with two attached hydrogens (primary N) is 1. The van der Waals surface area contributed by atoms with E-state index in [9.17, 15) is 4.39 Å². The monoisotopic (exact) mass is 204 g/mol. The maximum atomic E-state index is 13.1. The molecule has 0 spiro atoms. The van der Waals surface area contributed by atoms with Crippen molar-refractivity contribution < 1.29 is 4.39 Å². The zero-order valence-electron chi connectivity index (χ0n) is 7.94. The summed E-state index contributed by atoms with van der Waals surface area (Å²) >= 11 is 0. The number of nitrogens with zero attached hydrogens (tertiary/aromatic N) is 3. The molecule has 0 aromatic heterocycles. The summed E-state index contributed by atoms with van der Waals surface area (Å²) in [5, 5.41) is 17.1. The average molecular weight is 204 g/mol. The Morgan fingerprint density at radius 3 is 2.40 bits per heavy atom. The molecule has 0 amide bonds. The Balaban J connectivity index is 3.07. The van der Waals surface area contributed by atoms with Gasteiger partial charge in [0, 0.05) is 0 Å². The third kappa shape index (κ3) is 2.35. The highest BCUT2D eigenvalue weighted by Crippen LogP contribution is 2.24. The lowest BCUT2D eigenvalue weighted by molar-refractivity contribution is 0.632. The zero-order chi connectivity index (χ0) is 11.3. The van der Waals surface area contributed by atoms with E-state index in [1.54, 1.807) is 6.07 Å². The number of para-hydroxylation sites is 1. The fourth-order valence-corrected chi connectivity index (χ4v) is 1.20. The second-order valence-electron chi connectivity index (χ2n) is 2.84. The topological polar surface area (TPSA) is 76.8 Å². The lowest BCUT2D eigenvalue weighted by atomic mass is 10.2. The first kappa shape index (κ1) is 10.8. The van der Waals surface area contributed by atoms with Gasteiger partial charge in [0.25, 0.3) is 0 Å². The van der Waals surface area contributed by atoms with Crippen molar-refractivity contribution in [1.82, 2.24) is 0 Å². The molecule has 0 atom stereocenters. The molecule has 2 N–H and O–H groups in total. The standard InChI is InChI=1S/C10H9FN4/c11-8-2-1-3-9(10(8)14)15(6-4-12)7-5-13/h1-3H,6-7,14H2. The number of rotatable bonds is 3. The number of benzene rings is 1. The molecule has 76 valence electrons.